The number of nitrogens with one attached hydrogen (secondary N) is 2. The third-order valence-electron chi connectivity index (χ3n) is 5.33. The van der Waals surface area contributed by atoms with E-state index in [4.69, 9.17) is 4.74 Å². The van der Waals surface area contributed by atoms with E-state index in [9.17, 15) is 4.79 Å². The molecule has 0 saturated carbocycles. The molecule has 3 heterocycles. The van der Waals surface area contributed by atoms with Crippen molar-refractivity contribution in [2.45, 2.75) is 0 Å². The number of aromatic amines is 1. The topological polar surface area (TPSA) is 70.2 Å². The summed E-state index contributed by atoms with van der Waals surface area (Å²) >= 11 is 0. The summed E-state index contributed by atoms with van der Waals surface area (Å²) in [6.07, 6.45) is 5.08. The Balaban J connectivity index is 1.35. The van der Waals surface area contributed by atoms with Gasteiger partial charge in [0.25, 0.3) is 0 Å². The minimum absolute atomic E-state index is 0.184. The van der Waals surface area contributed by atoms with Gasteiger partial charge in [-0.1, -0.05) is 30.3 Å². The van der Waals surface area contributed by atoms with Crippen molar-refractivity contribution < 1.29 is 9.53 Å². The Morgan fingerprint density at radius 2 is 1.83 bits per heavy atom. The molecule has 1 aliphatic heterocycles. The first-order valence-corrected chi connectivity index (χ1v) is 10.1. The Morgan fingerprint density at radius 1 is 1.03 bits per heavy atom. The minimum atomic E-state index is -0.184. The summed E-state index contributed by atoms with van der Waals surface area (Å²) < 4.78 is 5.43. The van der Waals surface area contributed by atoms with E-state index in [0.29, 0.717) is 13.2 Å². The molecule has 0 radical (unpaired) electrons. The van der Waals surface area contributed by atoms with Crippen molar-refractivity contribution >= 4 is 45.2 Å². The highest BCUT2D eigenvalue weighted by Gasteiger charge is 2.15. The molecule has 2 aromatic heterocycles. The van der Waals surface area contributed by atoms with Crippen molar-refractivity contribution in [3.05, 3.63) is 72.6 Å². The molecule has 4 aromatic rings. The largest absolute Gasteiger partial charge is 0.378 e. The Bertz CT molecular complexity index is 1240. The molecule has 5 rings (SSSR count). The summed E-state index contributed by atoms with van der Waals surface area (Å²) in [6, 6.07) is 18.0. The first-order chi connectivity index (χ1) is 14.8. The zero-order valence-corrected chi connectivity index (χ0v) is 16.5. The molecule has 1 amide bonds. The van der Waals surface area contributed by atoms with Crippen LogP contribution in [-0.2, 0) is 9.53 Å². The third kappa shape index (κ3) is 3.65. The summed E-state index contributed by atoms with van der Waals surface area (Å²) in [5, 5.41) is 5.24. The van der Waals surface area contributed by atoms with Gasteiger partial charge in [0.05, 0.1) is 42.0 Å². The number of ether oxygens (including phenoxy) is 1. The van der Waals surface area contributed by atoms with Gasteiger partial charge in [0.15, 0.2) is 0 Å². The van der Waals surface area contributed by atoms with Gasteiger partial charge in [0.2, 0.25) is 5.91 Å². The number of aromatic nitrogens is 2. The number of pyridine rings is 1. The molecular weight excluding hydrogens is 376 g/mol. The van der Waals surface area contributed by atoms with Gasteiger partial charge in [-0.05, 0) is 30.3 Å². The number of fused-ring (bicyclic) bond motifs is 3. The number of morpholine rings is 1. The van der Waals surface area contributed by atoms with Crippen LogP contribution in [0.1, 0.15) is 5.69 Å². The molecule has 0 atom stereocenters. The number of amides is 1. The van der Waals surface area contributed by atoms with E-state index < -0.39 is 0 Å². The van der Waals surface area contributed by atoms with Crippen LogP contribution in [-0.4, -0.2) is 42.2 Å². The molecule has 1 fully saturated rings. The van der Waals surface area contributed by atoms with E-state index in [0.717, 1.165) is 52.0 Å². The van der Waals surface area contributed by atoms with Crippen molar-refractivity contribution in [3.63, 3.8) is 0 Å². The number of nitrogens with zero attached hydrogens (tertiary/aromatic N) is 2. The lowest BCUT2D eigenvalue weighted by atomic mass is 10.1. The van der Waals surface area contributed by atoms with Gasteiger partial charge in [0.1, 0.15) is 0 Å². The van der Waals surface area contributed by atoms with E-state index in [2.05, 4.69) is 26.3 Å². The smallest absolute Gasteiger partial charge is 0.248 e. The van der Waals surface area contributed by atoms with E-state index in [1.54, 1.807) is 12.3 Å². The van der Waals surface area contributed by atoms with Crippen LogP contribution in [0, 0.1) is 0 Å². The quantitative estimate of drug-likeness (QED) is 0.506. The van der Waals surface area contributed by atoms with Gasteiger partial charge in [-0.25, -0.2) is 0 Å². The predicted molar refractivity (Wildman–Crippen MR) is 121 cm³/mol. The van der Waals surface area contributed by atoms with Gasteiger partial charge in [-0.15, -0.1) is 0 Å². The lowest BCUT2D eigenvalue weighted by molar-refractivity contribution is -0.111. The van der Waals surface area contributed by atoms with Crippen LogP contribution in [0.5, 0.6) is 0 Å². The lowest BCUT2D eigenvalue weighted by Gasteiger charge is -2.30. The molecule has 1 saturated heterocycles. The second-order valence-electron chi connectivity index (χ2n) is 7.26. The highest BCUT2D eigenvalue weighted by molar-refractivity contribution is 6.08. The van der Waals surface area contributed by atoms with Crippen molar-refractivity contribution in [1.82, 2.24) is 9.97 Å². The monoisotopic (exact) mass is 398 g/mol. The maximum atomic E-state index is 12.6. The third-order valence-corrected chi connectivity index (χ3v) is 5.33. The molecular formula is C24H22N4O2. The Kier molecular flexibility index (Phi) is 4.91. The molecule has 2 aromatic carbocycles. The minimum Gasteiger partial charge on any atom is -0.378 e. The van der Waals surface area contributed by atoms with Crippen LogP contribution in [0.15, 0.2) is 66.9 Å². The molecule has 30 heavy (non-hydrogen) atoms. The van der Waals surface area contributed by atoms with Crippen LogP contribution >= 0.6 is 0 Å². The number of H-pyrrole nitrogens is 1. The van der Waals surface area contributed by atoms with Crippen molar-refractivity contribution in [2.75, 3.05) is 36.5 Å². The average molecular weight is 398 g/mol. The van der Waals surface area contributed by atoms with E-state index in [1.807, 2.05) is 48.5 Å². The first-order valence-electron chi connectivity index (χ1n) is 10.1. The van der Waals surface area contributed by atoms with Gasteiger partial charge in [-0.2, -0.15) is 0 Å². The number of para-hydroxylation sites is 3. The fraction of sp³-hybridized carbons (Fsp3) is 0.167. The molecule has 0 unspecified atom stereocenters. The predicted octanol–water partition coefficient (Wildman–Crippen LogP) is 4.20. The fourth-order valence-electron chi connectivity index (χ4n) is 3.85. The summed E-state index contributed by atoms with van der Waals surface area (Å²) in [6.45, 7) is 3.03. The fourth-order valence-corrected chi connectivity index (χ4v) is 3.85. The maximum Gasteiger partial charge on any atom is 0.248 e. The van der Waals surface area contributed by atoms with Gasteiger partial charge >= 0.3 is 0 Å². The number of hydrogen-bond donors (Lipinski definition) is 2. The van der Waals surface area contributed by atoms with Gasteiger partial charge in [0, 0.05) is 35.5 Å². The molecule has 150 valence electrons. The molecule has 0 bridgehead atoms. The van der Waals surface area contributed by atoms with Crippen molar-refractivity contribution in [1.29, 1.82) is 0 Å². The van der Waals surface area contributed by atoms with Gasteiger partial charge < -0.3 is 19.9 Å². The zero-order chi connectivity index (χ0) is 20.3. The molecule has 0 aliphatic carbocycles. The normalized spacial score (nSPS) is 14.6. The zero-order valence-electron chi connectivity index (χ0n) is 16.5. The number of anilines is 2. The molecule has 0 spiro atoms. The Morgan fingerprint density at radius 3 is 2.73 bits per heavy atom. The SMILES string of the molecule is O=C(/C=C/c1cc2c(cn1)[nH]c1ccccc12)Nc1ccccc1N1CCOCC1. The highest BCUT2D eigenvalue weighted by atomic mass is 16.5. The first kappa shape index (κ1) is 18.4. The number of benzene rings is 2. The van der Waals surface area contributed by atoms with Crippen LogP contribution in [0.4, 0.5) is 11.4 Å². The standard InChI is InChI=1S/C24H22N4O2/c29-24(27-21-7-3-4-8-23(21)28-11-13-30-14-12-28)10-9-17-15-19-18-5-1-2-6-20(18)26-22(19)16-25-17/h1-10,15-16,26H,11-14H2,(H,27,29)/b10-9+. The number of rotatable bonds is 4. The second-order valence-corrected chi connectivity index (χ2v) is 7.26. The lowest BCUT2D eigenvalue weighted by Crippen LogP contribution is -2.36. The maximum absolute atomic E-state index is 12.6. The molecule has 6 nitrogen and oxygen atoms in total. The Labute approximate surface area is 174 Å². The highest BCUT2D eigenvalue weighted by Crippen LogP contribution is 2.27. The van der Waals surface area contributed by atoms with E-state index >= 15 is 0 Å². The summed E-state index contributed by atoms with van der Waals surface area (Å²) in [4.78, 5) is 22.6. The summed E-state index contributed by atoms with van der Waals surface area (Å²) in [7, 11) is 0. The van der Waals surface area contributed by atoms with Crippen molar-refractivity contribution in [2.24, 2.45) is 0 Å². The molecule has 2 N–H and O–H groups in total. The Hall–Kier alpha value is -3.64. The van der Waals surface area contributed by atoms with Crippen LogP contribution in [0.3, 0.4) is 0 Å². The van der Waals surface area contributed by atoms with Gasteiger partial charge in [-0.3, -0.25) is 9.78 Å². The van der Waals surface area contributed by atoms with Crippen LogP contribution in [0.25, 0.3) is 27.9 Å². The number of carbonyl (C=O) groups is 1. The summed E-state index contributed by atoms with van der Waals surface area (Å²) in [5.41, 5.74) is 4.61. The van der Waals surface area contributed by atoms with Crippen LogP contribution in [0.2, 0.25) is 0 Å². The number of carbonyl (C=O) groups excluding carboxylic acids is 1. The number of hydrogen-bond acceptors (Lipinski definition) is 4. The molecule has 6 heteroatoms. The van der Waals surface area contributed by atoms with E-state index in [1.165, 1.54) is 6.08 Å². The molecule has 1 aliphatic rings. The van der Waals surface area contributed by atoms with Crippen molar-refractivity contribution in [3.8, 4) is 0 Å². The van der Waals surface area contributed by atoms with E-state index in [-0.39, 0.29) is 5.91 Å². The average Bonchev–Trinajstić information content (AvgIpc) is 3.17. The second kappa shape index (κ2) is 8.00. The van der Waals surface area contributed by atoms with Crippen LogP contribution < -0.4 is 10.2 Å². The summed E-state index contributed by atoms with van der Waals surface area (Å²) in [5.74, 6) is -0.184.